The van der Waals surface area contributed by atoms with Gasteiger partial charge in [-0.15, -0.1) is 0 Å². The number of quaternary nitrogens is 2. The van der Waals surface area contributed by atoms with Crippen LogP contribution in [0.1, 0.15) is 0 Å². The van der Waals surface area contributed by atoms with Gasteiger partial charge in [-0.1, -0.05) is 0 Å². The maximum Gasteiger partial charge on any atom is 2.00 e. The molecule has 0 aliphatic carbocycles. The fraction of sp³-hybridized carbons (Fsp3) is 0. The SMILES string of the molecule is N.N.N.N.N.N.N.N.N.N.N.N.N.N.N.N.N[NH3+].N[NH3+].O=S(=O)([O-])[O-].O=S(=O)([O-])[O-].[Ni+2]. The molecule has 0 aliphatic heterocycles. The maximum atomic E-state index is 8.52. The molecule has 31 heavy (non-hydrogen) atoms. The zero-order valence-electron chi connectivity index (χ0n) is 18.3. The van der Waals surface area contributed by atoms with Crippen LogP contribution in [0.15, 0.2) is 0 Å². The van der Waals surface area contributed by atoms with E-state index in [1.807, 2.05) is 0 Å². The van der Waals surface area contributed by atoms with E-state index in [1.165, 1.54) is 0 Å². The van der Waals surface area contributed by atoms with Gasteiger partial charge in [-0.05, 0) is 0 Å². The Hall–Kier alpha value is -0.566. The number of hydrogen-bond donors (Lipinski definition) is 20. The molecule has 0 saturated carbocycles. The molecule has 0 saturated heterocycles. The zero-order chi connectivity index (χ0) is 13.0. The Labute approximate surface area is 194 Å². The molecule has 0 aromatic rings. The summed E-state index contributed by atoms with van der Waals surface area (Å²) in [5, 5.41) is 0. The molecule has 0 aromatic heterocycles. The van der Waals surface area contributed by atoms with E-state index < -0.39 is 20.8 Å². The van der Waals surface area contributed by atoms with E-state index in [2.05, 4.69) is 23.4 Å². The van der Waals surface area contributed by atoms with Gasteiger partial charge in [-0.25, -0.2) is 0 Å². The van der Waals surface area contributed by atoms with Crippen LogP contribution in [-0.2, 0) is 37.3 Å². The van der Waals surface area contributed by atoms with E-state index in [9.17, 15) is 0 Å². The first-order valence-electron chi connectivity index (χ1n) is 2.15. The molecule has 0 unspecified atom stereocenters. The molecule has 0 amide bonds. The summed E-state index contributed by atoms with van der Waals surface area (Å²) in [5.74, 6) is 14.0. The van der Waals surface area contributed by atoms with Gasteiger partial charge in [0.1, 0.15) is 0 Å². The van der Waals surface area contributed by atoms with Crippen molar-refractivity contribution in [1.29, 1.82) is 0 Å². The third kappa shape index (κ3) is 69000. The van der Waals surface area contributed by atoms with Crippen molar-refractivity contribution in [2.24, 2.45) is 11.7 Å². The minimum atomic E-state index is -5.17. The van der Waals surface area contributed by atoms with E-state index in [0.29, 0.717) is 0 Å². The standard InChI is InChI=1S/2H4N2.16H3N.Ni.2H2O4S/c2*1-2;;;;;;;;;;;;;;;;;;2*1-5(2,3)4/h2*1-2H2;16*1H3;;2*(H2,1,2,3,4)/q;;;;;;;;;;;;;;;;;;+2;;/p-2. The Morgan fingerprint density at radius 3 is 0.355 bits per heavy atom. The summed E-state index contributed by atoms with van der Waals surface area (Å²) in [7, 11) is -10.3. The normalized spacial score (nSPS) is 4.13. The molecule has 228 valence electrons. The average molecular weight is 589 g/mol. The van der Waals surface area contributed by atoms with Gasteiger partial charge in [0.15, 0.2) is 0 Å². The molecule has 0 spiro atoms. The van der Waals surface area contributed by atoms with Gasteiger partial charge in [0, 0.05) is 20.8 Å². The Balaban J connectivity index is -0.00000000198. The van der Waals surface area contributed by atoms with Crippen molar-refractivity contribution >= 4 is 20.8 Å². The van der Waals surface area contributed by atoms with Crippen molar-refractivity contribution in [2.75, 3.05) is 0 Å². The van der Waals surface area contributed by atoms with E-state index >= 15 is 0 Å². The van der Waals surface area contributed by atoms with E-state index in [0.717, 1.165) is 0 Å². The van der Waals surface area contributed by atoms with Crippen LogP contribution in [0.4, 0.5) is 0 Å². The maximum absolute atomic E-state index is 8.52. The van der Waals surface area contributed by atoms with Gasteiger partial charge in [-0.3, -0.25) is 28.5 Å². The van der Waals surface area contributed by atoms with Crippen molar-refractivity contribution in [2.45, 2.75) is 0 Å². The fourth-order valence-electron chi connectivity index (χ4n) is 0. The van der Waals surface area contributed by atoms with E-state index in [1.54, 1.807) is 0 Å². The van der Waals surface area contributed by atoms with Crippen molar-refractivity contribution in [3.8, 4) is 0 Å². The summed E-state index contributed by atoms with van der Waals surface area (Å²) >= 11 is 0. The van der Waals surface area contributed by atoms with Gasteiger partial charge in [0.2, 0.25) is 0 Å². The summed E-state index contributed by atoms with van der Waals surface area (Å²) in [6.45, 7) is 0. The summed E-state index contributed by atoms with van der Waals surface area (Å²) in [6.07, 6.45) is 0. The van der Waals surface area contributed by atoms with Crippen LogP contribution < -0.4 is 122 Å². The second kappa shape index (κ2) is 182. The Kier molecular flexibility index (Phi) is 1740. The van der Waals surface area contributed by atoms with Crippen molar-refractivity contribution < 1.29 is 63.2 Å². The zero-order valence-corrected chi connectivity index (χ0v) is 20.9. The first kappa shape index (κ1) is 296. The summed E-state index contributed by atoms with van der Waals surface area (Å²) in [6, 6.07) is 0. The molecule has 0 aromatic carbocycles. The average Bonchev–Trinajstić information content (AvgIpc) is 1.88. The van der Waals surface area contributed by atoms with Crippen LogP contribution in [0.2, 0.25) is 0 Å². The van der Waals surface area contributed by atoms with Crippen LogP contribution >= 0.6 is 0 Å². The van der Waals surface area contributed by atoms with Gasteiger partial charge < -0.3 is 117 Å². The Morgan fingerprint density at radius 1 is 0.355 bits per heavy atom. The molecule has 0 fully saturated rings. The molecule has 28 nitrogen and oxygen atoms in total. The van der Waals surface area contributed by atoms with Crippen molar-refractivity contribution in [1.82, 2.24) is 98.4 Å². The summed E-state index contributed by atoms with van der Waals surface area (Å²) in [4.78, 5) is 0. The predicted octanol–water partition coefficient (Wildman–Crippen LogP) is -3.88. The molecule has 58 N–H and O–H groups in total. The third-order valence-corrected chi connectivity index (χ3v) is 0. The molecule has 0 bridgehead atoms. The van der Waals surface area contributed by atoms with Gasteiger partial charge in [0.25, 0.3) is 0 Å². The predicted molar refractivity (Wildman–Crippen MR) is 115 cm³/mol. The number of nitrogens with two attached hydrogens (primary N) is 2. The molecule has 0 rings (SSSR count). The largest absolute Gasteiger partial charge is 2.00 e. The first-order chi connectivity index (χ1) is 6.00. The molecule has 0 aliphatic rings. The summed E-state index contributed by atoms with van der Waals surface area (Å²) < 4.78 is 68.2. The molecule has 0 atom stereocenters. The monoisotopic (exact) mass is 588 g/mol. The van der Waals surface area contributed by atoms with Gasteiger partial charge >= 0.3 is 16.5 Å². The summed E-state index contributed by atoms with van der Waals surface area (Å²) in [5.41, 5.74) is 0. The number of hydrogen-bond acceptors (Lipinski definition) is 26. The van der Waals surface area contributed by atoms with Crippen LogP contribution in [0.25, 0.3) is 0 Å². The fourth-order valence-corrected chi connectivity index (χ4v) is 0. The molecular weight excluding hydrogens is 531 g/mol. The van der Waals surface area contributed by atoms with Crippen LogP contribution in [0, 0.1) is 0 Å². The first-order valence-corrected chi connectivity index (χ1v) is 4.82. The molecule has 0 heterocycles. The van der Waals surface area contributed by atoms with E-state index in [4.69, 9.17) is 35.0 Å². The Morgan fingerprint density at radius 2 is 0.355 bits per heavy atom. The van der Waals surface area contributed by atoms with E-state index in [-0.39, 0.29) is 115 Å². The molecule has 31 heteroatoms. The quantitative estimate of drug-likeness (QED) is 0.0422. The Bertz CT molecular complexity index is 238. The van der Waals surface area contributed by atoms with Gasteiger partial charge in [0.05, 0.1) is 0 Å². The minimum absolute atomic E-state index is 0. The second-order valence-corrected chi connectivity index (χ2v) is 2.45. The third-order valence-electron chi connectivity index (χ3n) is 0. The van der Waals surface area contributed by atoms with Gasteiger partial charge in [-0.2, -0.15) is 11.7 Å². The smallest absolute Gasteiger partial charge is 0.759 e. The molecule has 0 radical (unpaired) electrons. The van der Waals surface area contributed by atoms with Crippen LogP contribution in [0.3, 0.4) is 0 Å². The van der Waals surface area contributed by atoms with Crippen molar-refractivity contribution in [3.63, 3.8) is 0 Å². The van der Waals surface area contributed by atoms with Crippen LogP contribution in [0.5, 0.6) is 0 Å². The second-order valence-electron chi connectivity index (χ2n) is 0.816. The minimum Gasteiger partial charge on any atom is -0.759 e. The van der Waals surface area contributed by atoms with Crippen molar-refractivity contribution in [3.05, 3.63) is 0 Å². The topological polar surface area (TPSA) is 828 Å². The van der Waals surface area contributed by atoms with Crippen LogP contribution in [-0.4, -0.2) is 35.0 Å². The molecular formula is H58N20NiO8S2. The number of rotatable bonds is 0.